The Hall–Kier alpha value is -4.70. The van der Waals surface area contributed by atoms with Gasteiger partial charge in [0.1, 0.15) is 17.2 Å². The summed E-state index contributed by atoms with van der Waals surface area (Å²) in [6.45, 7) is 0. The molecule has 1 heterocycles. The van der Waals surface area contributed by atoms with Crippen molar-refractivity contribution in [2.45, 2.75) is 10.8 Å². The van der Waals surface area contributed by atoms with Crippen LogP contribution in [0.5, 0.6) is 0 Å². The fourth-order valence-corrected chi connectivity index (χ4v) is 4.47. The van der Waals surface area contributed by atoms with Gasteiger partial charge in [-0.25, -0.2) is 18.0 Å². The number of carbonyl (C=O) groups excluding carboxylic acids is 2. The van der Waals surface area contributed by atoms with E-state index in [0.29, 0.717) is 5.56 Å². The lowest BCUT2D eigenvalue weighted by Crippen LogP contribution is -2.41. The van der Waals surface area contributed by atoms with E-state index in [2.05, 4.69) is 0 Å². The number of esters is 2. The number of ether oxygens (including phenoxy) is 2. The van der Waals surface area contributed by atoms with Gasteiger partial charge in [0.05, 0.1) is 47.2 Å². The molecule has 0 saturated carbocycles. The molecule has 0 saturated heterocycles. The number of sulfone groups is 1. The molecule has 0 fully saturated rings. The number of methoxy groups -OCH3 is 2. The molecule has 1 unspecified atom stereocenters. The first kappa shape index (κ1) is 25.9. The van der Waals surface area contributed by atoms with E-state index in [4.69, 9.17) is 15.2 Å². The van der Waals surface area contributed by atoms with Gasteiger partial charge >= 0.3 is 11.9 Å². The lowest BCUT2D eigenvalue weighted by Gasteiger charge is -2.35. The minimum absolute atomic E-state index is 0.198. The molecule has 1 atom stereocenters. The van der Waals surface area contributed by atoms with Crippen LogP contribution in [0.3, 0.4) is 0 Å². The Kier molecular flexibility index (Phi) is 7.12. The van der Waals surface area contributed by atoms with Crippen molar-refractivity contribution in [3.8, 4) is 6.07 Å². The van der Waals surface area contributed by atoms with E-state index in [0.717, 1.165) is 43.6 Å². The highest BCUT2D eigenvalue weighted by molar-refractivity contribution is 7.90. The smallest absolute Gasteiger partial charge is 0.355 e. The first-order valence-corrected chi connectivity index (χ1v) is 12.0. The zero-order valence-corrected chi connectivity index (χ0v) is 20.1. The van der Waals surface area contributed by atoms with Gasteiger partial charge in [-0.05, 0) is 17.7 Å². The third kappa shape index (κ3) is 4.49. The number of benzene rings is 2. The van der Waals surface area contributed by atoms with Crippen molar-refractivity contribution in [1.29, 1.82) is 5.26 Å². The van der Waals surface area contributed by atoms with Crippen LogP contribution in [0.15, 0.2) is 76.1 Å². The lowest BCUT2D eigenvalue weighted by atomic mass is 9.81. The molecule has 13 heteroatoms. The van der Waals surface area contributed by atoms with Crippen LogP contribution in [0.4, 0.5) is 11.4 Å². The van der Waals surface area contributed by atoms with Crippen LogP contribution in [0, 0.1) is 21.4 Å². The Morgan fingerprint density at radius 3 is 2.22 bits per heavy atom. The molecule has 2 aromatic rings. The zero-order valence-electron chi connectivity index (χ0n) is 19.3. The number of nitro groups is 1. The molecule has 36 heavy (non-hydrogen) atoms. The maximum Gasteiger partial charge on any atom is 0.355 e. The van der Waals surface area contributed by atoms with E-state index in [9.17, 15) is 33.4 Å². The first-order valence-electron chi connectivity index (χ1n) is 10.1. The Morgan fingerprint density at radius 2 is 1.72 bits per heavy atom. The number of rotatable bonds is 6. The Balaban J connectivity index is 2.49. The molecule has 12 nitrogen and oxygen atoms in total. The number of hydrogen-bond acceptors (Lipinski definition) is 11. The van der Waals surface area contributed by atoms with Gasteiger partial charge in [0.25, 0.3) is 5.69 Å². The van der Waals surface area contributed by atoms with Crippen molar-refractivity contribution in [2.75, 3.05) is 25.4 Å². The van der Waals surface area contributed by atoms with Crippen LogP contribution >= 0.6 is 0 Å². The fraction of sp³-hybridized carbons (Fsp3) is 0.174. The van der Waals surface area contributed by atoms with E-state index in [-0.39, 0.29) is 21.7 Å². The van der Waals surface area contributed by atoms with E-state index >= 15 is 0 Å². The molecule has 2 aromatic carbocycles. The van der Waals surface area contributed by atoms with E-state index < -0.39 is 49.8 Å². The average Bonchev–Trinajstić information content (AvgIpc) is 2.86. The molecular weight excluding hydrogens is 492 g/mol. The quantitative estimate of drug-likeness (QED) is 0.339. The summed E-state index contributed by atoms with van der Waals surface area (Å²) in [6.07, 6.45) is 0.869. The maximum absolute atomic E-state index is 13.0. The van der Waals surface area contributed by atoms with Crippen LogP contribution < -0.4 is 10.6 Å². The maximum atomic E-state index is 13.0. The average molecular weight is 513 g/mol. The van der Waals surface area contributed by atoms with Crippen molar-refractivity contribution >= 4 is 33.2 Å². The lowest BCUT2D eigenvalue weighted by molar-refractivity contribution is -0.384. The van der Waals surface area contributed by atoms with Gasteiger partial charge in [-0.3, -0.25) is 15.0 Å². The Labute approximate surface area is 205 Å². The molecule has 0 aromatic heterocycles. The summed E-state index contributed by atoms with van der Waals surface area (Å²) in [5, 5.41) is 22.0. The number of nitro benzene ring substituents is 1. The Morgan fingerprint density at radius 1 is 1.11 bits per heavy atom. The minimum atomic E-state index is -3.84. The van der Waals surface area contributed by atoms with Gasteiger partial charge in [-0.2, -0.15) is 5.26 Å². The SMILES string of the molecule is COC(=O)C1=C(C(=O)OC)N(c2ccc(S(C)(=O)=O)cc2[N+](=O)[O-])C(N)=C(C#N)C1c1ccccc1. The summed E-state index contributed by atoms with van der Waals surface area (Å²) in [7, 11) is -1.75. The molecule has 1 aliphatic rings. The number of nitrogens with zero attached hydrogens (tertiary/aromatic N) is 3. The second kappa shape index (κ2) is 9.88. The van der Waals surface area contributed by atoms with Crippen molar-refractivity contribution in [2.24, 2.45) is 5.73 Å². The molecule has 0 radical (unpaired) electrons. The first-order chi connectivity index (χ1) is 17.0. The monoisotopic (exact) mass is 512 g/mol. The van der Waals surface area contributed by atoms with Gasteiger partial charge in [0.2, 0.25) is 0 Å². The van der Waals surface area contributed by atoms with Crippen LogP contribution in [0.2, 0.25) is 0 Å². The van der Waals surface area contributed by atoms with Crippen molar-refractivity contribution < 1.29 is 32.4 Å². The highest BCUT2D eigenvalue weighted by Crippen LogP contribution is 2.45. The summed E-state index contributed by atoms with van der Waals surface area (Å²) < 4.78 is 33.8. The predicted octanol–water partition coefficient (Wildman–Crippen LogP) is 1.90. The zero-order chi connectivity index (χ0) is 26.8. The summed E-state index contributed by atoms with van der Waals surface area (Å²) in [5.41, 5.74) is 4.55. The van der Waals surface area contributed by atoms with Crippen LogP contribution in [-0.4, -0.2) is 45.8 Å². The molecular formula is C23H20N4O8S. The number of hydrogen-bond donors (Lipinski definition) is 1. The third-order valence-corrected chi connectivity index (χ3v) is 6.53. The fourth-order valence-electron chi connectivity index (χ4n) is 3.83. The molecule has 0 amide bonds. The molecule has 0 spiro atoms. The summed E-state index contributed by atoms with van der Waals surface area (Å²) in [5.74, 6) is -3.67. The standard InChI is InChI=1S/C23H20N4O8S/c1-34-22(28)19-18(13-7-5-4-6-8-13)15(12-24)21(25)26(20(19)23(29)35-2)16-10-9-14(36(3,32)33)11-17(16)27(30)31/h4-11,18H,25H2,1-3H3. The molecule has 186 valence electrons. The summed E-state index contributed by atoms with van der Waals surface area (Å²) in [6, 6.07) is 13.0. The number of nitrogens with two attached hydrogens (primary N) is 1. The predicted molar refractivity (Wildman–Crippen MR) is 126 cm³/mol. The summed E-state index contributed by atoms with van der Waals surface area (Å²) >= 11 is 0. The van der Waals surface area contributed by atoms with Gasteiger partial charge in [0.15, 0.2) is 9.84 Å². The number of anilines is 1. The largest absolute Gasteiger partial charge is 0.466 e. The van der Waals surface area contributed by atoms with Crippen molar-refractivity contribution in [3.63, 3.8) is 0 Å². The molecule has 1 aliphatic heterocycles. The molecule has 0 bridgehead atoms. The molecule has 2 N–H and O–H groups in total. The van der Waals surface area contributed by atoms with Crippen LogP contribution in [-0.2, 0) is 28.9 Å². The number of allylic oxidation sites excluding steroid dienone is 1. The van der Waals surface area contributed by atoms with E-state index in [1.165, 1.54) is 0 Å². The Bertz CT molecular complexity index is 1470. The topological polar surface area (TPSA) is 183 Å². The highest BCUT2D eigenvalue weighted by atomic mass is 32.2. The van der Waals surface area contributed by atoms with Crippen molar-refractivity contribution in [1.82, 2.24) is 0 Å². The van der Waals surface area contributed by atoms with Gasteiger partial charge in [-0.1, -0.05) is 30.3 Å². The van der Waals surface area contributed by atoms with Crippen molar-refractivity contribution in [3.05, 3.63) is 86.9 Å². The van der Waals surface area contributed by atoms with Gasteiger partial charge in [-0.15, -0.1) is 0 Å². The highest BCUT2D eigenvalue weighted by Gasteiger charge is 2.44. The van der Waals surface area contributed by atoms with E-state index in [1.807, 2.05) is 6.07 Å². The number of carbonyl (C=O) groups is 2. The summed E-state index contributed by atoms with van der Waals surface area (Å²) in [4.78, 5) is 37.6. The second-order valence-corrected chi connectivity index (χ2v) is 9.53. The molecule has 0 aliphatic carbocycles. The van der Waals surface area contributed by atoms with E-state index in [1.54, 1.807) is 30.3 Å². The third-order valence-electron chi connectivity index (χ3n) is 5.42. The molecule has 3 rings (SSSR count). The second-order valence-electron chi connectivity index (χ2n) is 7.52. The number of nitriles is 1. The van der Waals surface area contributed by atoms with Gasteiger partial charge < -0.3 is 15.2 Å². The van der Waals surface area contributed by atoms with Crippen LogP contribution in [0.1, 0.15) is 11.5 Å². The van der Waals surface area contributed by atoms with Crippen LogP contribution in [0.25, 0.3) is 0 Å². The minimum Gasteiger partial charge on any atom is -0.466 e. The van der Waals surface area contributed by atoms with Gasteiger partial charge in [0, 0.05) is 12.3 Å². The normalized spacial score (nSPS) is 15.8.